The predicted molar refractivity (Wildman–Crippen MR) is 126 cm³/mol. The highest BCUT2D eigenvalue weighted by atomic mass is 16.3. The maximum atomic E-state index is 10.8. The molecule has 1 aliphatic rings. The summed E-state index contributed by atoms with van der Waals surface area (Å²) in [5, 5.41) is 10.8. The maximum Gasteiger partial charge on any atom is 0.119 e. The normalized spacial score (nSPS) is 18.3. The van der Waals surface area contributed by atoms with Crippen LogP contribution in [0.3, 0.4) is 0 Å². The first-order chi connectivity index (χ1) is 13.0. The molecule has 29 heavy (non-hydrogen) atoms. The number of piperazine rings is 1. The van der Waals surface area contributed by atoms with Crippen LogP contribution in [-0.2, 0) is 10.8 Å². The molecular formula is C26H46N2O. The van der Waals surface area contributed by atoms with Crippen molar-refractivity contribution in [3.8, 4) is 5.75 Å². The Hall–Kier alpha value is -1.06. The number of nitrogens with zero attached hydrogens (tertiary/aromatic N) is 2. The van der Waals surface area contributed by atoms with Crippen LogP contribution in [0.15, 0.2) is 18.2 Å². The van der Waals surface area contributed by atoms with Crippen molar-refractivity contribution in [1.82, 2.24) is 9.80 Å². The Bertz CT molecular complexity index is 684. The van der Waals surface area contributed by atoms with Crippen molar-refractivity contribution in [2.75, 3.05) is 26.2 Å². The Morgan fingerprint density at radius 3 is 1.72 bits per heavy atom. The van der Waals surface area contributed by atoms with Crippen LogP contribution in [0.4, 0.5) is 0 Å². The fourth-order valence-electron chi connectivity index (χ4n) is 4.46. The Kier molecular flexibility index (Phi) is 6.87. The van der Waals surface area contributed by atoms with Crippen LogP contribution >= 0.6 is 0 Å². The fourth-order valence-corrected chi connectivity index (χ4v) is 4.46. The maximum absolute atomic E-state index is 10.8. The minimum atomic E-state index is -0.0506. The molecule has 0 unspecified atom stereocenters. The van der Waals surface area contributed by atoms with E-state index in [1.54, 1.807) is 0 Å². The molecule has 0 amide bonds. The standard InChI is InChI=1S/C26H46N2O/c1-23(2,3)20-11-12-21(22(29)19-20)25(7,8)13-14-26(9,10)28-17-15-27(16-18-28)24(4,5)6/h11-12,19,29H,13-18H2,1-10H3. The van der Waals surface area contributed by atoms with E-state index in [1.165, 1.54) is 5.56 Å². The number of aromatic hydroxyl groups is 1. The van der Waals surface area contributed by atoms with Crippen molar-refractivity contribution < 1.29 is 5.11 Å². The van der Waals surface area contributed by atoms with Gasteiger partial charge in [0.25, 0.3) is 0 Å². The lowest BCUT2D eigenvalue weighted by molar-refractivity contribution is 0.00898. The molecule has 3 heteroatoms. The van der Waals surface area contributed by atoms with Crippen LogP contribution in [0.2, 0.25) is 0 Å². The van der Waals surface area contributed by atoms with E-state index < -0.39 is 0 Å². The smallest absolute Gasteiger partial charge is 0.119 e. The quantitative estimate of drug-likeness (QED) is 0.660. The lowest BCUT2D eigenvalue weighted by Gasteiger charge is -2.48. The first-order valence-electron chi connectivity index (χ1n) is 11.4. The van der Waals surface area contributed by atoms with Crippen molar-refractivity contribution in [3.05, 3.63) is 29.3 Å². The molecule has 0 radical (unpaired) electrons. The summed E-state index contributed by atoms with van der Waals surface area (Å²) >= 11 is 0. The van der Waals surface area contributed by atoms with Crippen LogP contribution in [-0.4, -0.2) is 52.2 Å². The molecule has 3 nitrogen and oxygen atoms in total. The summed E-state index contributed by atoms with van der Waals surface area (Å²) in [7, 11) is 0. The van der Waals surface area contributed by atoms with Gasteiger partial charge in [0.05, 0.1) is 0 Å². The molecule has 1 saturated heterocycles. The van der Waals surface area contributed by atoms with Gasteiger partial charge in [0.2, 0.25) is 0 Å². The number of hydrogen-bond donors (Lipinski definition) is 1. The summed E-state index contributed by atoms with van der Waals surface area (Å²) in [5.41, 5.74) is 2.69. The van der Waals surface area contributed by atoms with Gasteiger partial charge in [0, 0.05) is 37.3 Å². The molecule has 2 rings (SSSR count). The highest BCUT2D eigenvalue weighted by Gasteiger charge is 2.35. The van der Waals surface area contributed by atoms with Crippen LogP contribution < -0.4 is 0 Å². The zero-order chi connectivity index (χ0) is 22.3. The molecule has 0 bridgehead atoms. The van der Waals surface area contributed by atoms with Crippen molar-refractivity contribution in [3.63, 3.8) is 0 Å². The molecule has 0 spiro atoms. The van der Waals surface area contributed by atoms with E-state index in [9.17, 15) is 5.11 Å². The Balaban J connectivity index is 2.04. The number of benzene rings is 1. The molecule has 0 aliphatic carbocycles. The number of phenols is 1. The van der Waals surface area contributed by atoms with Crippen LogP contribution in [0.5, 0.6) is 5.75 Å². The van der Waals surface area contributed by atoms with Gasteiger partial charge in [-0.1, -0.05) is 46.8 Å². The molecule has 1 aromatic carbocycles. The van der Waals surface area contributed by atoms with E-state index in [4.69, 9.17) is 0 Å². The first kappa shape index (κ1) is 24.2. The summed E-state index contributed by atoms with van der Waals surface area (Å²) in [5.74, 6) is 0.444. The molecule has 1 aliphatic heterocycles. The fraction of sp³-hybridized carbons (Fsp3) is 0.769. The minimum absolute atomic E-state index is 0.0506. The number of rotatable bonds is 5. The molecule has 1 fully saturated rings. The predicted octanol–water partition coefficient (Wildman–Crippen LogP) is 5.94. The van der Waals surface area contributed by atoms with Gasteiger partial charge in [-0.2, -0.15) is 0 Å². The summed E-state index contributed by atoms with van der Waals surface area (Å²) in [6.07, 6.45) is 2.18. The van der Waals surface area contributed by atoms with E-state index in [0.717, 1.165) is 44.6 Å². The molecule has 166 valence electrons. The zero-order valence-corrected chi connectivity index (χ0v) is 20.8. The van der Waals surface area contributed by atoms with Crippen LogP contribution in [0.1, 0.15) is 93.2 Å². The molecule has 1 N–H and O–H groups in total. The minimum Gasteiger partial charge on any atom is -0.508 e. The molecular weight excluding hydrogens is 356 g/mol. The topological polar surface area (TPSA) is 26.7 Å². The van der Waals surface area contributed by atoms with Crippen molar-refractivity contribution in [2.45, 2.75) is 104 Å². The van der Waals surface area contributed by atoms with Gasteiger partial charge in [-0.15, -0.1) is 0 Å². The summed E-state index contributed by atoms with van der Waals surface area (Å²) in [6.45, 7) is 27.4. The van der Waals surface area contributed by atoms with E-state index in [0.29, 0.717) is 5.75 Å². The highest BCUT2D eigenvalue weighted by Crippen LogP contribution is 2.39. The Labute approximate surface area is 180 Å². The van der Waals surface area contributed by atoms with Gasteiger partial charge in [-0.25, -0.2) is 0 Å². The SMILES string of the molecule is CC(C)(C)c1ccc(C(C)(C)CCC(C)(C)N2CCN(C(C)(C)C)CC2)c(O)c1. The van der Waals surface area contributed by atoms with E-state index >= 15 is 0 Å². The summed E-state index contributed by atoms with van der Waals surface area (Å²) in [4.78, 5) is 5.26. The van der Waals surface area contributed by atoms with Crippen LogP contribution in [0, 0.1) is 0 Å². The van der Waals surface area contributed by atoms with E-state index in [1.807, 2.05) is 6.07 Å². The van der Waals surface area contributed by atoms with Crippen molar-refractivity contribution in [2.24, 2.45) is 0 Å². The first-order valence-corrected chi connectivity index (χ1v) is 11.4. The Morgan fingerprint density at radius 2 is 1.28 bits per heavy atom. The molecule has 1 heterocycles. The zero-order valence-electron chi connectivity index (χ0n) is 20.8. The highest BCUT2D eigenvalue weighted by molar-refractivity contribution is 5.43. The largest absolute Gasteiger partial charge is 0.508 e. The Morgan fingerprint density at radius 1 is 0.759 bits per heavy atom. The summed E-state index contributed by atoms with van der Waals surface area (Å²) < 4.78 is 0. The van der Waals surface area contributed by atoms with Gasteiger partial charge in [0.1, 0.15) is 5.75 Å². The average Bonchev–Trinajstić information content (AvgIpc) is 2.58. The summed E-state index contributed by atoms with van der Waals surface area (Å²) in [6, 6.07) is 6.30. The average molecular weight is 403 g/mol. The molecule has 0 saturated carbocycles. The second-order valence-corrected chi connectivity index (χ2v) is 12.3. The van der Waals surface area contributed by atoms with E-state index in [-0.39, 0.29) is 21.9 Å². The van der Waals surface area contributed by atoms with Gasteiger partial charge in [0.15, 0.2) is 0 Å². The second-order valence-electron chi connectivity index (χ2n) is 12.3. The van der Waals surface area contributed by atoms with Gasteiger partial charge >= 0.3 is 0 Å². The van der Waals surface area contributed by atoms with Gasteiger partial charge in [-0.3, -0.25) is 9.80 Å². The van der Waals surface area contributed by atoms with E-state index in [2.05, 4.69) is 91.2 Å². The van der Waals surface area contributed by atoms with Gasteiger partial charge < -0.3 is 5.11 Å². The second kappa shape index (κ2) is 8.23. The van der Waals surface area contributed by atoms with Crippen LogP contribution in [0.25, 0.3) is 0 Å². The molecule has 0 atom stereocenters. The third kappa shape index (κ3) is 5.98. The molecule has 0 aromatic heterocycles. The number of phenolic OH excluding ortho intramolecular Hbond substituents is 1. The third-order valence-electron chi connectivity index (χ3n) is 7.04. The third-order valence-corrected chi connectivity index (χ3v) is 7.04. The van der Waals surface area contributed by atoms with Crippen molar-refractivity contribution >= 4 is 0 Å². The van der Waals surface area contributed by atoms with Gasteiger partial charge in [-0.05, 0) is 75.5 Å². The lowest BCUT2D eigenvalue weighted by atomic mass is 9.75. The molecule has 1 aromatic rings. The number of hydrogen-bond acceptors (Lipinski definition) is 3. The monoisotopic (exact) mass is 402 g/mol. The lowest BCUT2D eigenvalue weighted by Crippen LogP contribution is -2.58. The van der Waals surface area contributed by atoms with Crippen molar-refractivity contribution in [1.29, 1.82) is 0 Å².